The van der Waals surface area contributed by atoms with Gasteiger partial charge in [-0.05, 0) is 23.8 Å². The van der Waals surface area contributed by atoms with Crippen LogP contribution in [0.15, 0.2) is 41.7 Å². The minimum Gasteiger partial charge on any atom is -0.477 e. The second-order valence-corrected chi connectivity index (χ2v) is 5.92. The van der Waals surface area contributed by atoms with Gasteiger partial charge in [0.2, 0.25) is 10.0 Å². The summed E-state index contributed by atoms with van der Waals surface area (Å²) >= 11 is 0. The summed E-state index contributed by atoms with van der Waals surface area (Å²) in [5.41, 5.74) is 0.673. The lowest BCUT2D eigenvalue weighted by atomic mass is 10.3. The van der Waals surface area contributed by atoms with E-state index >= 15 is 0 Å². The second kappa shape index (κ2) is 5.43. The second-order valence-electron chi connectivity index (χ2n) is 4.16. The van der Waals surface area contributed by atoms with Crippen molar-refractivity contribution < 1.29 is 18.3 Å². The van der Waals surface area contributed by atoms with Crippen molar-refractivity contribution in [2.45, 2.75) is 11.4 Å². The lowest BCUT2D eigenvalue weighted by Gasteiger charge is -2.04. The van der Waals surface area contributed by atoms with Crippen LogP contribution in [-0.4, -0.2) is 29.0 Å². The zero-order valence-corrected chi connectivity index (χ0v) is 11.5. The average molecular weight is 295 g/mol. The van der Waals surface area contributed by atoms with Crippen molar-refractivity contribution in [3.8, 4) is 0 Å². The molecule has 0 unspecified atom stereocenters. The maximum absolute atomic E-state index is 12.1. The Balaban J connectivity index is 2.18. The minimum absolute atomic E-state index is 0.0774. The molecule has 0 amide bonds. The molecule has 2 aromatic rings. The fourth-order valence-electron chi connectivity index (χ4n) is 1.66. The number of aromatic carboxylic acids is 1. The van der Waals surface area contributed by atoms with Crippen LogP contribution < -0.4 is 4.72 Å². The summed E-state index contributed by atoms with van der Waals surface area (Å²) in [5.74, 6) is -1.18. The number of hydrogen-bond acceptors (Lipinski definition) is 4. The summed E-state index contributed by atoms with van der Waals surface area (Å²) in [6.07, 6.45) is 4.39. The molecule has 7 nitrogen and oxygen atoms in total. The number of hydrogen-bond donors (Lipinski definition) is 2. The molecule has 2 N–H and O–H groups in total. The lowest BCUT2D eigenvalue weighted by molar-refractivity contribution is 0.0686. The standard InChI is InChI=1S/C12H13N3O4S/c1-15-8-10(6-11(15)12(16)17)20(18,19)14-7-9-2-4-13-5-3-9/h2-6,8,14H,7H2,1H3,(H,16,17). The smallest absolute Gasteiger partial charge is 0.352 e. The third-order valence-electron chi connectivity index (χ3n) is 2.72. The molecular weight excluding hydrogens is 282 g/mol. The van der Waals surface area contributed by atoms with Crippen LogP contribution in [0.5, 0.6) is 0 Å². The molecule has 0 saturated carbocycles. The quantitative estimate of drug-likeness (QED) is 0.841. The maximum atomic E-state index is 12.1. The van der Waals surface area contributed by atoms with Crippen molar-refractivity contribution in [2.75, 3.05) is 0 Å². The summed E-state index contributed by atoms with van der Waals surface area (Å²) < 4.78 is 27.8. The Morgan fingerprint density at radius 2 is 2.05 bits per heavy atom. The number of rotatable bonds is 5. The normalized spacial score (nSPS) is 11.4. The van der Waals surface area contributed by atoms with Gasteiger partial charge in [0.25, 0.3) is 0 Å². The molecule has 0 saturated heterocycles. The summed E-state index contributed by atoms with van der Waals surface area (Å²) in [4.78, 5) is 14.7. The predicted molar refractivity (Wildman–Crippen MR) is 70.6 cm³/mol. The van der Waals surface area contributed by atoms with Crippen LogP contribution in [0.1, 0.15) is 16.1 Å². The van der Waals surface area contributed by atoms with E-state index in [2.05, 4.69) is 9.71 Å². The molecule has 0 aliphatic carbocycles. The summed E-state index contributed by atoms with van der Waals surface area (Å²) in [7, 11) is -2.27. The van der Waals surface area contributed by atoms with Crippen molar-refractivity contribution in [3.05, 3.63) is 48.0 Å². The molecule has 0 spiro atoms. The molecule has 2 aromatic heterocycles. The Morgan fingerprint density at radius 3 is 2.60 bits per heavy atom. The van der Waals surface area contributed by atoms with Gasteiger partial charge in [-0.2, -0.15) is 0 Å². The number of pyridine rings is 1. The average Bonchev–Trinajstić information content (AvgIpc) is 2.81. The Bertz CT molecular complexity index is 722. The monoisotopic (exact) mass is 295 g/mol. The summed E-state index contributed by atoms with van der Waals surface area (Å²) in [6, 6.07) is 4.50. The highest BCUT2D eigenvalue weighted by Gasteiger charge is 2.19. The molecule has 0 aliphatic heterocycles. The van der Waals surface area contributed by atoms with Crippen LogP contribution in [0.4, 0.5) is 0 Å². The molecule has 0 aliphatic rings. The SMILES string of the molecule is Cn1cc(S(=O)(=O)NCc2ccncc2)cc1C(=O)O. The van der Waals surface area contributed by atoms with Gasteiger partial charge in [-0.1, -0.05) is 0 Å². The number of carboxylic acid groups (broad SMARTS) is 1. The van der Waals surface area contributed by atoms with Gasteiger partial charge in [-0.25, -0.2) is 17.9 Å². The lowest BCUT2D eigenvalue weighted by Crippen LogP contribution is -2.22. The van der Waals surface area contributed by atoms with Crippen LogP contribution in [0, 0.1) is 0 Å². The van der Waals surface area contributed by atoms with Crippen molar-refractivity contribution in [1.29, 1.82) is 0 Å². The van der Waals surface area contributed by atoms with E-state index in [1.807, 2.05) is 0 Å². The van der Waals surface area contributed by atoms with Crippen LogP contribution >= 0.6 is 0 Å². The first-order valence-corrected chi connectivity index (χ1v) is 7.17. The highest BCUT2D eigenvalue weighted by Crippen LogP contribution is 2.13. The van der Waals surface area contributed by atoms with E-state index in [0.29, 0.717) is 0 Å². The number of aromatic nitrogens is 2. The number of carboxylic acids is 1. The number of sulfonamides is 1. The number of nitrogens with one attached hydrogen (secondary N) is 1. The fraction of sp³-hybridized carbons (Fsp3) is 0.167. The molecule has 20 heavy (non-hydrogen) atoms. The molecule has 2 heterocycles. The first-order valence-electron chi connectivity index (χ1n) is 5.68. The van der Waals surface area contributed by atoms with Gasteiger partial charge >= 0.3 is 5.97 Å². The van der Waals surface area contributed by atoms with Crippen molar-refractivity contribution >= 4 is 16.0 Å². The largest absolute Gasteiger partial charge is 0.477 e. The number of nitrogens with zero attached hydrogens (tertiary/aromatic N) is 2. The molecule has 0 fully saturated rings. The fourth-order valence-corrected chi connectivity index (χ4v) is 2.74. The molecule has 0 bridgehead atoms. The van der Waals surface area contributed by atoms with Crippen molar-refractivity contribution in [2.24, 2.45) is 7.05 Å². The zero-order chi connectivity index (χ0) is 14.8. The Kier molecular flexibility index (Phi) is 3.86. The Labute approximate surface area is 115 Å². The summed E-state index contributed by atoms with van der Waals surface area (Å²) in [5, 5.41) is 8.91. The number of carbonyl (C=O) groups is 1. The minimum atomic E-state index is -3.75. The molecule has 0 atom stereocenters. The molecule has 2 rings (SSSR count). The van der Waals surface area contributed by atoms with E-state index in [4.69, 9.17) is 5.11 Å². The highest BCUT2D eigenvalue weighted by molar-refractivity contribution is 7.89. The van der Waals surface area contributed by atoms with Gasteiger partial charge in [-0.3, -0.25) is 4.98 Å². The van der Waals surface area contributed by atoms with Gasteiger partial charge in [-0.15, -0.1) is 0 Å². The van der Waals surface area contributed by atoms with Crippen LogP contribution in [0.2, 0.25) is 0 Å². The van der Waals surface area contributed by atoms with E-state index in [0.717, 1.165) is 11.6 Å². The Hall–Kier alpha value is -2.19. The third kappa shape index (κ3) is 3.03. The molecule has 8 heteroatoms. The molecule has 0 aromatic carbocycles. The molecule has 0 radical (unpaired) electrons. The van der Waals surface area contributed by atoms with Gasteiger partial charge in [0.05, 0.1) is 0 Å². The molecule has 106 valence electrons. The van der Waals surface area contributed by atoms with Gasteiger partial charge in [0.1, 0.15) is 10.6 Å². The van der Waals surface area contributed by atoms with Gasteiger partial charge in [0.15, 0.2) is 0 Å². The van der Waals surface area contributed by atoms with Crippen molar-refractivity contribution in [3.63, 3.8) is 0 Å². The first kappa shape index (κ1) is 14.2. The molecular formula is C12H13N3O4S. The van der Waals surface area contributed by atoms with E-state index in [1.165, 1.54) is 17.8 Å². The maximum Gasteiger partial charge on any atom is 0.352 e. The zero-order valence-electron chi connectivity index (χ0n) is 10.6. The van der Waals surface area contributed by atoms with E-state index < -0.39 is 16.0 Å². The highest BCUT2D eigenvalue weighted by atomic mass is 32.2. The third-order valence-corrected chi connectivity index (χ3v) is 4.09. The van der Waals surface area contributed by atoms with E-state index in [1.54, 1.807) is 24.5 Å². The predicted octanol–water partition coefficient (Wildman–Crippen LogP) is 0.597. The van der Waals surface area contributed by atoms with Gasteiger partial charge < -0.3 is 9.67 Å². The van der Waals surface area contributed by atoms with Gasteiger partial charge in [0, 0.05) is 32.2 Å². The first-order chi connectivity index (χ1) is 9.40. The Morgan fingerprint density at radius 1 is 1.40 bits per heavy atom. The van der Waals surface area contributed by atoms with E-state index in [9.17, 15) is 13.2 Å². The van der Waals surface area contributed by atoms with Crippen LogP contribution in [0.3, 0.4) is 0 Å². The number of aryl methyl sites for hydroxylation is 1. The summed E-state index contributed by atoms with van der Waals surface area (Å²) in [6.45, 7) is 0.113. The van der Waals surface area contributed by atoms with Crippen molar-refractivity contribution in [1.82, 2.24) is 14.3 Å². The topological polar surface area (TPSA) is 101 Å². The van der Waals surface area contributed by atoms with Crippen LogP contribution in [-0.2, 0) is 23.6 Å². The van der Waals surface area contributed by atoms with Crippen LogP contribution in [0.25, 0.3) is 0 Å². The van der Waals surface area contributed by atoms with E-state index in [-0.39, 0.29) is 17.1 Å².